The second kappa shape index (κ2) is 5.49. The van der Waals surface area contributed by atoms with E-state index in [1.54, 1.807) is 19.1 Å². The van der Waals surface area contributed by atoms with E-state index in [2.05, 4.69) is 10.6 Å². The van der Waals surface area contributed by atoms with Crippen molar-refractivity contribution in [2.45, 2.75) is 26.8 Å². The summed E-state index contributed by atoms with van der Waals surface area (Å²) >= 11 is 0. The van der Waals surface area contributed by atoms with Crippen LogP contribution in [0.4, 0.5) is 10.1 Å². The van der Waals surface area contributed by atoms with Crippen LogP contribution in [0.1, 0.15) is 19.4 Å². The van der Waals surface area contributed by atoms with Gasteiger partial charge >= 0.3 is 0 Å². The number of carbonyl (C=O) groups excluding carboxylic acids is 1. The topological polar surface area (TPSA) is 41.1 Å². The maximum absolute atomic E-state index is 13.4. The van der Waals surface area contributed by atoms with Crippen molar-refractivity contribution in [3.63, 3.8) is 0 Å². The van der Waals surface area contributed by atoms with Crippen LogP contribution >= 0.6 is 0 Å². The number of carbonyl (C=O) groups is 1. The van der Waals surface area contributed by atoms with Gasteiger partial charge in [0.25, 0.3) is 0 Å². The Morgan fingerprint density at radius 1 is 1.44 bits per heavy atom. The number of hydrogen-bond donors (Lipinski definition) is 2. The summed E-state index contributed by atoms with van der Waals surface area (Å²) in [5.41, 5.74) is 1.18. The molecule has 0 saturated carbocycles. The van der Waals surface area contributed by atoms with Crippen molar-refractivity contribution >= 4 is 11.6 Å². The Bertz CT molecular complexity index is 357. The highest BCUT2D eigenvalue weighted by atomic mass is 19.1. The molecule has 0 heterocycles. The average molecular weight is 224 g/mol. The van der Waals surface area contributed by atoms with Crippen molar-refractivity contribution < 1.29 is 9.18 Å². The van der Waals surface area contributed by atoms with E-state index >= 15 is 0 Å². The van der Waals surface area contributed by atoms with Gasteiger partial charge in [-0.25, -0.2) is 4.39 Å². The molecule has 16 heavy (non-hydrogen) atoms. The molecule has 0 aliphatic heterocycles. The summed E-state index contributed by atoms with van der Waals surface area (Å²) in [4.78, 5) is 11.4. The van der Waals surface area contributed by atoms with Crippen LogP contribution in [0.25, 0.3) is 0 Å². The first kappa shape index (κ1) is 12.5. The molecule has 4 heteroatoms. The molecular formula is C12H17FN2O. The Morgan fingerprint density at radius 3 is 2.69 bits per heavy atom. The minimum Gasteiger partial charge on any atom is -0.374 e. The molecule has 0 fully saturated rings. The molecule has 0 aromatic heterocycles. The van der Waals surface area contributed by atoms with Crippen LogP contribution in [-0.4, -0.2) is 18.5 Å². The number of rotatable bonds is 4. The lowest BCUT2D eigenvalue weighted by molar-refractivity contribution is -0.119. The Morgan fingerprint density at radius 2 is 2.12 bits per heavy atom. The second-order valence-electron chi connectivity index (χ2n) is 4.01. The number of benzene rings is 1. The minimum absolute atomic E-state index is 0.0833. The fourth-order valence-electron chi connectivity index (χ4n) is 1.40. The van der Waals surface area contributed by atoms with E-state index in [1.807, 2.05) is 13.8 Å². The highest BCUT2D eigenvalue weighted by molar-refractivity contribution is 5.81. The van der Waals surface area contributed by atoms with Crippen LogP contribution in [0.3, 0.4) is 0 Å². The first-order valence-corrected chi connectivity index (χ1v) is 5.29. The van der Waals surface area contributed by atoms with Gasteiger partial charge in [-0.2, -0.15) is 0 Å². The molecule has 2 N–H and O–H groups in total. The molecule has 88 valence electrons. The molecule has 1 rings (SSSR count). The molecule has 1 aromatic carbocycles. The van der Waals surface area contributed by atoms with Crippen molar-refractivity contribution in [3.05, 3.63) is 29.6 Å². The third-order valence-corrected chi connectivity index (χ3v) is 2.10. The van der Waals surface area contributed by atoms with Gasteiger partial charge in [0.1, 0.15) is 5.82 Å². The van der Waals surface area contributed by atoms with E-state index in [-0.39, 0.29) is 24.3 Å². The lowest BCUT2D eigenvalue weighted by Crippen LogP contribution is -2.35. The monoisotopic (exact) mass is 224 g/mol. The van der Waals surface area contributed by atoms with E-state index in [4.69, 9.17) is 0 Å². The molecule has 0 aliphatic rings. The molecular weight excluding hydrogens is 207 g/mol. The molecule has 0 spiro atoms. The van der Waals surface area contributed by atoms with E-state index in [1.165, 1.54) is 6.07 Å². The van der Waals surface area contributed by atoms with Gasteiger partial charge in [0.15, 0.2) is 0 Å². The van der Waals surface area contributed by atoms with Gasteiger partial charge in [-0.1, -0.05) is 12.1 Å². The molecule has 0 atom stereocenters. The number of para-hydroxylation sites is 1. The van der Waals surface area contributed by atoms with Crippen LogP contribution in [0.5, 0.6) is 0 Å². The summed E-state index contributed by atoms with van der Waals surface area (Å²) in [6.07, 6.45) is 0. The van der Waals surface area contributed by atoms with E-state index in [0.29, 0.717) is 5.69 Å². The number of hydrogen-bond acceptors (Lipinski definition) is 2. The van der Waals surface area contributed by atoms with Crippen molar-refractivity contribution in [1.82, 2.24) is 5.32 Å². The van der Waals surface area contributed by atoms with Gasteiger partial charge in [0.2, 0.25) is 5.91 Å². The van der Waals surface area contributed by atoms with Crippen molar-refractivity contribution in [3.8, 4) is 0 Å². The minimum atomic E-state index is -0.336. The molecule has 0 bridgehead atoms. The van der Waals surface area contributed by atoms with Crippen LogP contribution in [-0.2, 0) is 4.79 Å². The summed E-state index contributed by atoms with van der Waals surface area (Å²) in [5.74, 6) is -0.477. The fourth-order valence-corrected chi connectivity index (χ4v) is 1.40. The first-order chi connectivity index (χ1) is 7.50. The van der Waals surface area contributed by atoms with Gasteiger partial charge in [-0.05, 0) is 32.4 Å². The van der Waals surface area contributed by atoms with Gasteiger partial charge in [0, 0.05) is 6.04 Å². The number of aryl methyl sites for hydroxylation is 1. The second-order valence-corrected chi connectivity index (χ2v) is 4.01. The fraction of sp³-hybridized carbons (Fsp3) is 0.417. The third kappa shape index (κ3) is 3.53. The third-order valence-electron chi connectivity index (χ3n) is 2.10. The molecule has 0 saturated heterocycles. The Labute approximate surface area is 95.0 Å². The Balaban J connectivity index is 2.58. The van der Waals surface area contributed by atoms with E-state index in [0.717, 1.165) is 5.56 Å². The van der Waals surface area contributed by atoms with Gasteiger partial charge < -0.3 is 10.6 Å². The SMILES string of the molecule is Cc1cccc(F)c1NCC(=O)NC(C)C. The largest absolute Gasteiger partial charge is 0.374 e. The summed E-state index contributed by atoms with van der Waals surface area (Å²) < 4.78 is 13.4. The number of amides is 1. The quantitative estimate of drug-likeness (QED) is 0.822. The molecule has 0 aliphatic carbocycles. The van der Waals surface area contributed by atoms with Crippen molar-refractivity contribution in [2.75, 3.05) is 11.9 Å². The first-order valence-electron chi connectivity index (χ1n) is 5.29. The van der Waals surface area contributed by atoms with Gasteiger partial charge in [-0.15, -0.1) is 0 Å². The maximum atomic E-state index is 13.4. The average Bonchev–Trinajstić information content (AvgIpc) is 2.15. The summed E-state index contributed by atoms with van der Waals surface area (Å²) in [7, 11) is 0. The van der Waals surface area contributed by atoms with Crippen LogP contribution in [0.15, 0.2) is 18.2 Å². The molecule has 3 nitrogen and oxygen atoms in total. The summed E-state index contributed by atoms with van der Waals surface area (Å²) in [6.45, 7) is 5.64. The van der Waals surface area contributed by atoms with Crippen LogP contribution in [0, 0.1) is 12.7 Å². The number of anilines is 1. The van der Waals surface area contributed by atoms with Crippen molar-refractivity contribution in [2.24, 2.45) is 0 Å². The zero-order valence-electron chi connectivity index (χ0n) is 9.80. The highest BCUT2D eigenvalue weighted by Crippen LogP contribution is 2.17. The lowest BCUT2D eigenvalue weighted by atomic mass is 10.2. The predicted octanol–water partition coefficient (Wildman–Crippen LogP) is 2.07. The van der Waals surface area contributed by atoms with Crippen LogP contribution in [0.2, 0.25) is 0 Å². The van der Waals surface area contributed by atoms with Crippen LogP contribution < -0.4 is 10.6 Å². The normalized spacial score (nSPS) is 10.3. The van der Waals surface area contributed by atoms with Gasteiger partial charge in [0.05, 0.1) is 12.2 Å². The van der Waals surface area contributed by atoms with Gasteiger partial charge in [-0.3, -0.25) is 4.79 Å². The number of nitrogens with one attached hydrogen (secondary N) is 2. The van der Waals surface area contributed by atoms with E-state index < -0.39 is 0 Å². The standard InChI is InChI=1S/C12H17FN2O/c1-8(2)15-11(16)7-14-12-9(3)5-4-6-10(12)13/h4-6,8,14H,7H2,1-3H3,(H,15,16). The Hall–Kier alpha value is -1.58. The predicted molar refractivity (Wildman–Crippen MR) is 62.9 cm³/mol. The zero-order valence-corrected chi connectivity index (χ0v) is 9.80. The maximum Gasteiger partial charge on any atom is 0.239 e. The molecule has 0 radical (unpaired) electrons. The smallest absolute Gasteiger partial charge is 0.239 e. The van der Waals surface area contributed by atoms with E-state index in [9.17, 15) is 9.18 Å². The number of halogens is 1. The Kier molecular flexibility index (Phi) is 4.28. The summed E-state index contributed by atoms with van der Waals surface area (Å²) in [6, 6.07) is 4.90. The zero-order chi connectivity index (χ0) is 12.1. The van der Waals surface area contributed by atoms with Crippen molar-refractivity contribution in [1.29, 1.82) is 0 Å². The molecule has 1 amide bonds. The highest BCUT2D eigenvalue weighted by Gasteiger charge is 2.07. The molecule has 1 aromatic rings. The molecule has 0 unspecified atom stereocenters. The lowest BCUT2D eigenvalue weighted by Gasteiger charge is -2.12. The summed E-state index contributed by atoms with van der Waals surface area (Å²) in [5, 5.41) is 5.53.